The van der Waals surface area contributed by atoms with Crippen LogP contribution in [-0.4, -0.2) is 11.6 Å². The minimum absolute atomic E-state index is 0.818. The maximum absolute atomic E-state index is 5.63. The van der Waals surface area contributed by atoms with Crippen LogP contribution < -0.4 is 4.74 Å². The third-order valence-electron chi connectivity index (χ3n) is 2.33. The van der Waals surface area contributed by atoms with Crippen LogP contribution in [0.1, 0.15) is 53.2 Å². The molecule has 0 atom stereocenters. The molecule has 0 spiro atoms. The van der Waals surface area contributed by atoms with Crippen LogP contribution in [0.5, 0.6) is 5.75 Å². The average molecular weight is 237 g/mol. The first-order chi connectivity index (χ1) is 8.38. The quantitative estimate of drug-likeness (QED) is 0.770. The molecule has 1 saturated carbocycles. The van der Waals surface area contributed by atoms with E-state index < -0.39 is 0 Å². The van der Waals surface area contributed by atoms with E-state index in [0.717, 1.165) is 30.4 Å². The Morgan fingerprint density at radius 3 is 2.41 bits per heavy atom. The highest BCUT2D eigenvalue weighted by atomic mass is 16.5. The van der Waals surface area contributed by atoms with Crippen LogP contribution in [0.15, 0.2) is 18.3 Å². The molecule has 0 aliphatic heterocycles. The van der Waals surface area contributed by atoms with Gasteiger partial charge in [0.15, 0.2) is 0 Å². The van der Waals surface area contributed by atoms with E-state index in [2.05, 4.69) is 11.9 Å². The topological polar surface area (TPSA) is 22.1 Å². The summed E-state index contributed by atoms with van der Waals surface area (Å²) < 4.78 is 5.63. The van der Waals surface area contributed by atoms with Gasteiger partial charge in [-0.15, -0.1) is 0 Å². The zero-order chi connectivity index (χ0) is 13.1. The summed E-state index contributed by atoms with van der Waals surface area (Å²) >= 11 is 0. The minimum atomic E-state index is 0.818. The van der Waals surface area contributed by atoms with Gasteiger partial charge in [-0.3, -0.25) is 4.98 Å². The van der Waals surface area contributed by atoms with Gasteiger partial charge in [-0.2, -0.15) is 0 Å². The summed E-state index contributed by atoms with van der Waals surface area (Å²) in [4.78, 5) is 4.22. The Hall–Kier alpha value is -1.05. The number of aromatic nitrogens is 1. The van der Waals surface area contributed by atoms with E-state index in [0.29, 0.717) is 0 Å². The molecule has 1 aromatic rings. The number of ether oxygens (including phenoxy) is 1. The van der Waals surface area contributed by atoms with E-state index in [1.807, 2.05) is 46.0 Å². The normalized spacial score (nSPS) is 12.8. The molecule has 1 heterocycles. The lowest BCUT2D eigenvalue weighted by atomic mass is 10.3. The average Bonchev–Trinajstić information content (AvgIpc) is 3.25. The van der Waals surface area contributed by atoms with Gasteiger partial charge in [-0.1, -0.05) is 34.6 Å². The zero-order valence-electron chi connectivity index (χ0n) is 12.0. The van der Waals surface area contributed by atoms with Crippen LogP contribution in [0.3, 0.4) is 0 Å². The van der Waals surface area contributed by atoms with Gasteiger partial charge in [0.25, 0.3) is 0 Å². The molecule has 0 amide bonds. The van der Waals surface area contributed by atoms with Crippen LogP contribution in [-0.2, 0) is 6.42 Å². The van der Waals surface area contributed by atoms with Crippen LogP contribution >= 0.6 is 0 Å². The number of hydrogen-bond acceptors (Lipinski definition) is 2. The Kier molecular flexibility index (Phi) is 9.50. The summed E-state index contributed by atoms with van der Waals surface area (Å²) in [5, 5.41) is 0. The minimum Gasteiger partial charge on any atom is -0.493 e. The molecular weight excluding hydrogens is 210 g/mol. The highest BCUT2D eigenvalue weighted by Gasteiger charge is 2.21. The molecule has 0 radical (unpaired) electrons. The van der Waals surface area contributed by atoms with E-state index >= 15 is 0 Å². The zero-order valence-corrected chi connectivity index (χ0v) is 12.0. The molecule has 1 fully saturated rings. The Balaban J connectivity index is 0.000000581. The second-order valence-electron chi connectivity index (χ2n) is 3.59. The van der Waals surface area contributed by atoms with Gasteiger partial charge < -0.3 is 4.74 Å². The Morgan fingerprint density at radius 2 is 1.88 bits per heavy atom. The molecule has 0 bridgehead atoms. The third kappa shape index (κ3) is 6.98. The Labute approximate surface area is 106 Å². The molecule has 2 nitrogen and oxygen atoms in total. The predicted octanol–water partition coefficient (Wildman–Crippen LogP) is 4.49. The molecule has 0 saturated heterocycles. The van der Waals surface area contributed by atoms with Gasteiger partial charge >= 0.3 is 0 Å². The fourth-order valence-corrected chi connectivity index (χ4v) is 1.24. The molecule has 0 aromatic carbocycles. The molecule has 98 valence electrons. The van der Waals surface area contributed by atoms with Crippen molar-refractivity contribution in [3.63, 3.8) is 0 Å². The van der Waals surface area contributed by atoms with E-state index in [9.17, 15) is 0 Å². The summed E-state index contributed by atoms with van der Waals surface area (Å²) in [5.41, 5.74) is 1.10. The predicted molar refractivity (Wildman–Crippen MR) is 74.5 cm³/mol. The summed E-state index contributed by atoms with van der Waals surface area (Å²) in [6.07, 6.45) is 5.47. The van der Waals surface area contributed by atoms with E-state index in [-0.39, 0.29) is 0 Å². The summed E-state index contributed by atoms with van der Waals surface area (Å²) in [6, 6.07) is 3.96. The SMILES string of the molecule is CC.CC.CCc1cc(OCC2CC2)ccn1. The number of aryl methyl sites for hydroxylation is 1. The summed E-state index contributed by atoms with van der Waals surface area (Å²) in [7, 11) is 0. The second-order valence-corrected chi connectivity index (χ2v) is 3.59. The second kappa shape index (κ2) is 10.1. The van der Waals surface area contributed by atoms with Crippen LogP contribution in [0.2, 0.25) is 0 Å². The van der Waals surface area contributed by atoms with Gasteiger partial charge in [-0.25, -0.2) is 0 Å². The largest absolute Gasteiger partial charge is 0.493 e. The van der Waals surface area contributed by atoms with Gasteiger partial charge in [0.2, 0.25) is 0 Å². The molecule has 2 heteroatoms. The van der Waals surface area contributed by atoms with Crippen molar-refractivity contribution in [2.24, 2.45) is 5.92 Å². The van der Waals surface area contributed by atoms with Crippen molar-refractivity contribution in [2.75, 3.05) is 6.61 Å². The first kappa shape index (κ1) is 16.0. The van der Waals surface area contributed by atoms with E-state index in [1.54, 1.807) is 0 Å². The molecule has 0 unspecified atom stereocenters. The molecule has 1 aliphatic rings. The fraction of sp³-hybridized carbons (Fsp3) is 0.667. The summed E-state index contributed by atoms with van der Waals surface area (Å²) in [5.74, 6) is 1.79. The number of rotatable bonds is 4. The van der Waals surface area contributed by atoms with Crippen LogP contribution in [0.25, 0.3) is 0 Å². The van der Waals surface area contributed by atoms with Crippen molar-refractivity contribution in [1.29, 1.82) is 0 Å². The number of hydrogen-bond donors (Lipinski definition) is 0. The van der Waals surface area contributed by atoms with Crippen molar-refractivity contribution >= 4 is 0 Å². The smallest absolute Gasteiger partial charge is 0.122 e. The Bertz CT molecular complexity index is 282. The molecule has 17 heavy (non-hydrogen) atoms. The first-order valence-electron chi connectivity index (χ1n) is 6.96. The molecule has 1 aliphatic carbocycles. The maximum atomic E-state index is 5.63. The molecule has 2 rings (SSSR count). The number of nitrogens with zero attached hydrogens (tertiary/aromatic N) is 1. The van der Waals surface area contributed by atoms with Gasteiger partial charge in [-0.05, 0) is 31.2 Å². The van der Waals surface area contributed by atoms with Crippen LogP contribution in [0.4, 0.5) is 0 Å². The first-order valence-corrected chi connectivity index (χ1v) is 6.96. The van der Waals surface area contributed by atoms with Gasteiger partial charge in [0.1, 0.15) is 5.75 Å². The van der Waals surface area contributed by atoms with E-state index in [4.69, 9.17) is 4.74 Å². The monoisotopic (exact) mass is 237 g/mol. The van der Waals surface area contributed by atoms with Crippen LogP contribution in [0, 0.1) is 5.92 Å². The standard InChI is InChI=1S/C11H15NO.2C2H6/c1-2-10-7-11(5-6-12-10)13-8-9-3-4-9;2*1-2/h5-7,9H,2-4,8H2,1H3;2*1-2H3. The number of pyridine rings is 1. The molecule has 1 aromatic heterocycles. The van der Waals surface area contributed by atoms with Gasteiger partial charge in [0.05, 0.1) is 6.61 Å². The molecule has 0 N–H and O–H groups in total. The lowest BCUT2D eigenvalue weighted by Gasteiger charge is -2.05. The lowest BCUT2D eigenvalue weighted by molar-refractivity contribution is 0.299. The lowest BCUT2D eigenvalue weighted by Crippen LogP contribution is -1.99. The third-order valence-corrected chi connectivity index (χ3v) is 2.33. The highest BCUT2D eigenvalue weighted by Crippen LogP contribution is 2.29. The van der Waals surface area contributed by atoms with Gasteiger partial charge in [0, 0.05) is 18.0 Å². The Morgan fingerprint density at radius 1 is 1.24 bits per heavy atom. The fourth-order valence-electron chi connectivity index (χ4n) is 1.24. The van der Waals surface area contributed by atoms with E-state index in [1.165, 1.54) is 12.8 Å². The van der Waals surface area contributed by atoms with Crippen molar-refractivity contribution in [2.45, 2.75) is 53.9 Å². The van der Waals surface area contributed by atoms with Crippen molar-refractivity contribution in [3.8, 4) is 5.75 Å². The van der Waals surface area contributed by atoms with Crippen molar-refractivity contribution in [1.82, 2.24) is 4.98 Å². The highest BCUT2D eigenvalue weighted by molar-refractivity contribution is 5.22. The maximum Gasteiger partial charge on any atom is 0.122 e. The van der Waals surface area contributed by atoms with Crippen molar-refractivity contribution in [3.05, 3.63) is 24.0 Å². The van der Waals surface area contributed by atoms with Crippen molar-refractivity contribution < 1.29 is 4.74 Å². The summed E-state index contributed by atoms with van der Waals surface area (Å²) in [6.45, 7) is 11.0. The molecular formula is C15H27NO.